The molecule has 2 N–H and O–H groups in total. The normalized spacial score (nSPS) is 10.6. The third-order valence-electron chi connectivity index (χ3n) is 2.38. The summed E-state index contributed by atoms with van der Waals surface area (Å²) >= 11 is 3.46. The van der Waals surface area contributed by atoms with Crippen molar-refractivity contribution in [2.45, 2.75) is 13.0 Å². The van der Waals surface area contributed by atoms with E-state index in [0.717, 1.165) is 22.2 Å². The van der Waals surface area contributed by atoms with E-state index in [4.69, 9.17) is 19.9 Å². The Morgan fingerprint density at radius 2 is 2.00 bits per heavy atom. The van der Waals surface area contributed by atoms with E-state index in [1.807, 2.05) is 18.2 Å². The van der Waals surface area contributed by atoms with Crippen LogP contribution in [-0.2, 0) is 16.0 Å². The van der Waals surface area contributed by atoms with E-state index >= 15 is 0 Å². The maximum atomic E-state index is 5.61. The van der Waals surface area contributed by atoms with E-state index in [9.17, 15) is 0 Å². The molecule has 18 heavy (non-hydrogen) atoms. The van der Waals surface area contributed by atoms with Crippen molar-refractivity contribution >= 4 is 15.9 Å². The van der Waals surface area contributed by atoms with Crippen molar-refractivity contribution in [3.8, 4) is 5.75 Å². The monoisotopic (exact) mass is 317 g/mol. The molecule has 0 saturated carbocycles. The third-order valence-corrected chi connectivity index (χ3v) is 3.12. The minimum Gasteiger partial charge on any atom is -0.493 e. The molecule has 0 unspecified atom stereocenters. The van der Waals surface area contributed by atoms with Gasteiger partial charge in [-0.05, 0) is 17.7 Å². The zero-order valence-corrected chi connectivity index (χ0v) is 12.2. The second-order valence-corrected chi connectivity index (χ2v) is 4.62. The summed E-state index contributed by atoms with van der Waals surface area (Å²) in [5.74, 6) is 0.843. The van der Waals surface area contributed by atoms with E-state index in [2.05, 4.69) is 15.9 Å². The van der Waals surface area contributed by atoms with Crippen molar-refractivity contribution < 1.29 is 14.2 Å². The summed E-state index contributed by atoms with van der Waals surface area (Å²) in [7, 11) is 1.66. The molecule has 0 saturated heterocycles. The van der Waals surface area contributed by atoms with Crippen LogP contribution in [0.3, 0.4) is 0 Å². The van der Waals surface area contributed by atoms with E-state index in [1.54, 1.807) is 7.11 Å². The number of nitrogens with two attached hydrogens (primary N) is 1. The van der Waals surface area contributed by atoms with Gasteiger partial charge in [-0.15, -0.1) is 0 Å². The quantitative estimate of drug-likeness (QED) is 0.710. The molecular weight excluding hydrogens is 298 g/mol. The van der Waals surface area contributed by atoms with Crippen molar-refractivity contribution in [2.24, 2.45) is 5.73 Å². The fourth-order valence-corrected chi connectivity index (χ4v) is 1.90. The number of hydrogen-bond donors (Lipinski definition) is 1. The Bertz CT molecular complexity index is 347. The van der Waals surface area contributed by atoms with Crippen LogP contribution in [0.25, 0.3) is 0 Å². The van der Waals surface area contributed by atoms with Gasteiger partial charge in [0.25, 0.3) is 0 Å². The summed E-state index contributed by atoms with van der Waals surface area (Å²) in [6.45, 7) is 3.11. The Kier molecular flexibility index (Phi) is 8.00. The molecule has 0 radical (unpaired) electrons. The smallest absolute Gasteiger partial charge is 0.120 e. The van der Waals surface area contributed by atoms with E-state index in [-0.39, 0.29) is 0 Å². The van der Waals surface area contributed by atoms with Crippen molar-refractivity contribution in [3.05, 3.63) is 28.2 Å². The molecule has 0 amide bonds. The first-order chi connectivity index (χ1) is 8.77. The Labute approximate surface area is 117 Å². The Hall–Kier alpha value is -0.620. The first-order valence-corrected chi connectivity index (χ1v) is 6.75. The van der Waals surface area contributed by atoms with E-state index < -0.39 is 0 Å². The molecule has 0 heterocycles. The Morgan fingerprint density at radius 1 is 1.17 bits per heavy atom. The van der Waals surface area contributed by atoms with Crippen LogP contribution in [0.15, 0.2) is 22.7 Å². The molecule has 0 fully saturated rings. The first kappa shape index (κ1) is 15.4. The highest BCUT2D eigenvalue weighted by molar-refractivity contribution is 9.10. The summed E-state index contributed by atoms with van der Waals surface area (Å²) in [6.07, 6.45) is 0.861. The maximum absolute atomic E-state index is 5.61. The van der Waals surface area contributed by atoms with Crippen LogP contribution in [0.4, 0.5) is 0 Å². The molecule has 1 aromatic rings. The Morgan fingerprint density at radius 3 is 2.67 bits per heavy atom. The average molecular weight is 318 g/mol. The summed E-state index contributed by atoms with van der Waals surface area (Å²) in [6, 6.07) is 5.83. The van der Waals surface area contributed by atoms with Gasteiger partial charge in [-0.1, -0.05) is 22.0 Å². The number of methoxy groups -OCH3 is 1. The number of halogens is 1. The number of hydrogen-bond acceptors (Lipinski definition) is 4. The van der Waals surface area contributed by atoms with E-state index in [1.165, 1.54) is 0 Å². The summed E-state index contributed by atoms with van der Waals surface area (Å²) in [5.41, 5.74) is 6.66. The molecule has 0 atom stereocenters. The van der Waals surface area contributed by atoms with Crippen LogP contribution >= 0.6 is 15.9 Å². The molecule has 0 spiro atoms. The molecule has 1 aromatic carbocycles. The molecule has 0 aliphatic heterocycles. The SMILES string of the molecule is COCCOCCCOc1ccc(CN)c(Br)c1. The molecule has 0 aliphatic rings. The zero-order chi connectivity index (χ0) is 13.2. The van der Waals surface area contributed by atoms with Crippen molar-refractivity contribution in [2.75, 3.05) is 33.5 Å². The predicted octanol–water partition coefficient (Wildman–Crippen LogP) is 2.34. The van der Waals surface area contributed by atoms with E-state index in [0.29, 0.717) is 33.0 Å². The Balaban J connectivity index is 2.17. The lowest BCUT2D eigenvalue weighted by atomic mass is 10.2. The van der Waals surface area contributed by atoms with Gasteiger partial charge in [0, 0.05) is 31.2 Å². The van der Waals surface area contributed by atoms with Gasteiger partial charge in [-0.3, -0.25) is 0 Å². The van der Waals surface area contributed by atoms with Crippen LogP contribution in [-0.4, -0.2) is 33.5 Å². The molecule has 4 nitrogen and oxygen atoms in total. The van der Waals surface area contributed by atoms with Crippen LogP contribution < -0.4 is 10.5 Å². The summed E-state index contributed by atoms with van der Waals surface area (Å²) in [4.78, 5) is 0. The average Bonchev–Trinajstić information content (AvgIpc) is 2.38. The van der Waals surface area contributed by atoms with Gasteiger partial charge < -0.3 is 19.9 Å². The van der Waals surface area contributed by atoms with Crippen LogP contribution in [0, 0.1) is 0 Å². The van der Waals surface area contributed by atoms with Crippen molar-refractivity contribution in [1.82, 2.24) is 0 Å². The van der Waals surface area contributed by atoms with Crippen LogP contribution in [0.5, 0.6) is 5.75 Å². The lowest BCUT2D eigenvalue weighted by Gasteiger charge is -2.08. The van der Waals surface area contributed by atoms with Gasteiger partial charge in [0.15, 0.2) is 0 Å². The molecule has 0 bridgehead atoms. The minimum atomic E-state index is 0.522. The molecule has 5 heteroatoms. The summed E-state index contributed by atoms with van der Waals surface area (Å²) < 4.78 is 16.8. The highest BCUT2D eigenvalue weighted by atomic mass is 79.9. The number of benzene rings is 1. The molecule has 0 aliphatic carbocycles. The van der Waals surface area contributed by atoms with Gasteiger partial charge in [0.2, 0.25) is 0 Å². The minimum absolute atomic E-state index is 0.522. The molecule has 102 valence electrons. The van der Waals surface area contributed by atoms with Gasteiger partial charge in [0.05, 0.1) is 19.8 Å². The number of rotatable bonds is 9. The fourth-order valence-electron chi connectivity index (χ4n) is 1.38. The lowest BCUT2D eigenvalue weighted by Crippen LogP contribution is -2.07. The van der Waals surface area contributed by atoms with Crippen molar-refractivity contribution in [1.29, 1.82) is 0 Å². The standard InChI is InChI=1S/C13H20BrNO3/c1-16-7-8-17-5-2-6-18-12-4-3-11(10-15)13(14)9-12/h3-4,9H,2,5-8,10,15H2,1H3. The third kappa shape index (κ3) is 5.82. The van der Waals surface area contributed by atoms with Crippen molar-refractivity contribution in [3.63, 3.8) is 0 Å². The van der Waals surface area contributed by atoms with Gasteiger partial charge >= 0.3 is 0 Å². The second kappa shape index (κ2) is 9.33. The largest absolute Gasteiger partial charge is 0.493 e. The molecule has 0 aromatic heterocycles. The zero-order valence-electron chi connectivity index (χ0n) is 10.7. The summed E-state index contributed by atoms with van der Waals surface area (Å²) in [5, 5.41) is 0. The second-order valence-electron chi connectivity index (χ2n) is 3.76. The van der Waals surface area contributed by atoms with Gasteiger partial charge in [-0.25, -0.2) is 0 Å². The van der Waals surface area contributed by atoms with Gasteiger partial charge in [-0.2, -0.15) is 0 Å². The van der Waals surface area contributed by atoms with Crippen LogP contribution in [0.1, 0.15) is 12.0 Å². The first-order valence-electron chi connectivity index (χ1n) is 5.96. The fraction of sp³-hybridized carbons (Fsp3) is 0.538. The maximum Gasteiger partial charge on any atom is 0.120 e. The highest BCUT2D eigenvalue weighted by Crippen LogP contribution is 2.22. The topological polar surface area (TPSA) is 53.7 Å². The highest BCUT2D eigenvalue weighted by Gasteiger charge is 2.00. The van der Waals surface area contributed by atoms with Crippen LogP contribution in [0.2, 0.25) is 0 Å². The molecular formula is C13H20BrNO3. The molecule has 1 rings (SSSR count). The predicted molar refractivity (Wildman–Crippen MR) is 74.8 cm³/mol. The number of ether oxygens (including phenoxy) is 3. The lowest BCUT2D eigenvalue weighted by molar-refractivity contribution is 0.0644. The van der Waals surface area contributed by atoms with Gasteiger partial charge in [0.1, 0.15) is 5.75 Å².